The van der Waals surface area contributed by atoms with Gasteiger partial charge in [-0.25, -0.2) is 0 Å². The molecule has 1 aromatic carbocycles. The minimum atomic E-state index is -3.58. The van der Waals surface area contributed by atoms with Crippen molar-refractivity contribution in [3.63, 3.8) is 0 Å². The first kappa shape index (κ1) is 15.9. The number of aliphatic hydroxyl groups is 1. The summed E-state index contributed by atoms with van der Waals surface area (Å²) in [7, 11) is -3.58. The molecular weight excluding hydrogens is 264 g/mol. The molecule has 0 atom stereocenters. The highest BCUT2D eigenvalue weighted by molar-refractivity contribution is 7.90. The van der Waals surface area contributed by atoms with E-state index in [1.165, 1.54) is 0 Å². The highest BCUT2D eigenvalue weighted by Crippen LogP contribution is 2.14. The topological polar surface area (TPSA) is 78.4 Å². The molecule has 0 aliphatic rings. The number of hydrogen-bond acceptors (Lipinski definition) is 3. The van der Waals surface area contributed by atoms with Crippen LogP contribution in [0.25, 0.3) is 0 Å². The maximum absolute atomic E-state index is 11.9. The lowest BCUT2D eigenvalue weighted by Crippen LogP contribution is -2.43. The molecule has 19 heavy (non-hydrogen) atoms. The zero-order valence-corrected chi connectivity index (χ0v) is 12.4. The fourth-order valence-electron chi connectivity index (χ4n) is 1.66. The summed E-state index contributed by atoms with van der Waals surface area (Å²) >= 11 is 0. The molecule has 0 aromatic heterocycles. The molecule has 0 bridgehead atoms. The van der Waals surface area contributed by atoms with E-state index in [9.17, 15) is 8.42 Å². The quantitative estimate of drug-likeness (QED) is 0.744. The molecule has 0 aliphatic heterocycles. The van der Waals surface area contributed by atoms with Gasteiger partial charge in [0.05, 0.1) is 5.69 Å². The Labute approximate surface area is 115 Å². The minimum absolute atomic E-state index is 0.127. The van der Waals surface area contributed by atoms with Crippen molar-refractivity contribution in [3.8, 4) is 0 Å². The maximum atomic E-state index is 11.9. The van der Waals surface area contributed by atoms with Crippen LogP contribution in [0.1, 0.15) is 32.8 Å². The number of nitrogens with one attached hydrogen (secondary N) is 2. The van der Waals surface area contributed by atoms with E-state index in [4.69, 9.17) is 5.11 Å². The van der Waals surface area contributed by atoms with Crippen LogP contribution < -0.4 is 9.44 Å². The van der Waals surface area contributed by atoms with Crippen molar-refractivity contribution in [1.82, 2.24) is 4.72 Å². The molecule has 0 saturated carbocycles. The number of anilines is 1. The first-order valence-electron chi connectivity index (χ1n) is 6.23. The predicted molar refractivity (Wildman–Crippen MR) is 77.3 cm³/mol. The van der Waals surface area contributed by atoms with E-state index in [-0.39, 0.29) is 6.61 Å². The molecule has 0 spiro atoms. The Hall–Kier alpha value is -1.11. The molecular formula is C13H22N2O3S. The van der Waals surface area contributed by atoms with E-state index < -0.39 is 15.7 Å². The van der Waals surface area contributed by atoms with Crippen molar-refractivity contribution >= 4 is 15.9 Å². The Morgan fingerprint density at radius 3 is 2.53 bits per heavy atom. The van der Waals surface area contributed by atoms with Gasteiger partial charge in [0.1, 0.15) is 0 Å². The van der Waals surface area contributed by atoms with Crippen molar-refractivity contribution in [3.05, 3.63) is 29.8 Å². The minimum Gasteiger partial charge on any atom is -0.396 e. The highest BCUT2D eigenvalue weighted by Gasteiger charge is 2.19. The second kappa shape index (κ2) is 6.36. The first-order valence-corrected chi connectivity index (χ1v) is 7.72. The molecule has 6 heteroatoms. The summed E-state index contributed by atoms with van der Waals surface area (Å²) in [6.45, 7) is 5.47. The molecule has 0 heterocycles. The van der Waals surface area contributed by atoms with Crippen LogP contribution in [0.5, 0.6) is 0 Å². The molecule has 0 unspecified atom stereocenters. The summed E-state index contributed by atoms with van der Waals surface area (Å²) < 4.78 is 28.8. The van der Waals surface area contributed by atoms with E-state index in [1.807, 2.05) is 6.07 Å². The number of benzene rings is 1. The summed E-state index contributed by atoms with van der Waals surface area (Å²) in [5, 5.41) is 8.79. The SMILES string of the molecule is CC(C)(C)NS(=O)(=O)Nc1cccc(CCCO)c1. The molecule has 5 nitrogen and oxygen atoms in total. The summed E-state index contributed by atoms with van der Waals surface area (Å²) in [6.07, 6.45) is 1.38. The van der Waals surface area contributed by atoms with E-state index in [1.54, 1.807) is 39.0 Å². The van der Waals surface area contributed by atoms with Crippen LogP contribution in [-0.2, 0) is 16.6 Å². The van der Waals surface area contributed by atoms with E-state index >= 15 is 0 Å². The van der Waals surface area contributed by atoms with Crippen molar-refractivity contribution in [2.75, 3.05) is 11.3 Å². The summed E-state index contributed by atoms with van der Waals surface area (Å²) in [5.41, 5.74) is 0.984. The number of aryl methyl sites for hydroxylation is 1. The molecule has 108 valence electrons. The Bertz CT molecular complexity index is 507. The average molecular weight is 286 g/mol. The number of hydrogen-bond donors (Lipinski definition) is 3. The molecule has 0 aliphatic carbocycles. The lowest BCUT2D eigenvalue weighted by atomic mass is 10.1. The molecule has 0 radical (unpaired) electrons. The molecule has 0 amide bonds. The zero-order valence-electron chi connectivity index (χ0n) is 11.6. The fourth-order valence-corrected chi connectivity index (χ4v) is 2.95. The van der Waals surface area contributed by atoms with Gasteiger partial charge in [-0.1, -0.05) is 12.1 Å². The molecule has 0 saturated heterocycles. The van der Waals surface area contributed by atoms with Gasteiger partial charge < -0.3 is 5.11 Å². The van der Waals surface area contributed by atoms with Gasteiger partial charge in [-0.15, -0.1) is 0 Å². The third-order valence-corrected chi connectivity index (χ3v) is 3.63. The Morgan fingerprint density at radius 2 is 1.95 bits per heavy atom. The normalized spacial score (nSPS) is 12.4. The van der Waals surface area contributed by atoms with Crippen molar-refractivity contribution in [1.29, 1.82) is 0 Å². The standard InChI is InChI=1S/C13H22N2O3S/c1-13(2,3)15-19(17,18)14-12-8-4-6-11(10-12)7-5-9-16/h4,6,8,10,14-16H,5,7,9H2,1-3H3. The van der Waals surface area contributed by atoms with Gasteiger partial charge in [-0.05, 0) is 51.3 Å². The van der Waals surface area contributed by atoms with Crippen LogP contribution in [0.3, 0.4) is 0 Å². The molecule has 1 rings (SSSR count). The predicted octanol–water partition coefficient (Wildman–Crippen LogP) is 1.66. The van der Waals surface area contributed by atoms with E-state index in [0.717, 1.165) is 12.0 Å². The first-order chi connectivity index (χ1) is 8.72. The van der Waals surface area contributed by atoms with Gasteiger partial charge in [0.25, 0.3) is 10.2 Å². The number of rotatable bonds is 6. The van der Waals surface area contributed by atoms with Crippen molar-refractivity contribution in [2.24, 2.45) is 0 Å². The van der Waals surface area contributed by atoms with Crippen LogP contribution in [0.15, 0.2) is 24.3 Å². The van der Waals surface area contributed by atoms with Gasteiger partial charge in [0.2, 0.25) is 0 Å². The van der Waals surface area contributed by atoms with E-state index in [0.29, 0.717) is 12.1 Å². The lowest BCUT2D eigenvalue weighted by Gasteiger charge is -2.21. The molecule has 0 fully saturated rings. The highest BCUT2D eigenvalue weighted by atomic mass is 32.2. The van der Waals surface area contributed by atoms with Gasteiger partial charge in [-0.2, -0.15) is 13.1 Å². The second-order valence-electron chi connectivity index (χ2n) is 5.49. The summed E-state index contributed by atoms with van der Waals surface area (Å²) in [5.74, 6) is 0. The van der Waals surface area contributed by atoms with Crippen molar-refractivity contribution < 1.29 is 13.5 Å². The van der Waals surface area contributed by atoms with Crippen LogP contribution in [-0.4, -0.2) is 25.7 Å². The smallest absolute Gasteiger partial charge is 0.299 e. The van der Waals surface area contributed by atoms with E-state index in [2.05, 4.69) is 9.44 Å². The van der Waals surface area contributed by atoms with Crippen LogP contribution in [0.2, 0.25) is 0 Å². The summed E-state index contributed by atoms with van der Waals surface area (Å²) in [4.78, 5) is 0. The van der Waals surface area contributed by atoms with Crippen LogP contribution in [0.4, 0.5) is 5.69 Å². The maximum Gasteiger partial charge on any atom is 0.299 e. The number of aliphatic hydroxyl groups excluding tert-OH is 1. The Balaban J connectivity index is 2.76. The molecule has 3 N–H and O–H groups in total. The van der Waals surface area contributed by atoms with Crippen LogP contribution in [0, 0.1) is 0 Å². The van der Waals surface area contributed by atoms with Gasteiger partial charge >= 0.3 is 0 Å². The fraction of sp³-hybridized carbons (Fsp3) is 0.538. The monoisotopic (exact) mass is 286 g/mol. The third kappa shape index (κ3) is 6.56. The zero-order chi connectivity index (χ0) is 14.5. The second-order valence-corrected chi connectivity index (χ2v) is 6.90. The Morgan fingerprint density at radius 1 is 1.26 bits per heavy atom. The van der Waals surface area contributed by atoms with Gasteiger partial charge in [-0.3, -0.25) is 4.72 Å². The Kier molecular flexibility index (Phi) is 5.34. The molecule has 1 aromatic rings. The van der Waals surface area contributed by atoms with Gasteiger partial charge in [0, 0.05) is 12.1 Å². The van der Waals surface area contributed by atoms with Gasteiger partial charge in [0.15, 0.2) is 0 Å². The van der Waals surface area contributed by atoms with Crippen LogP contribution >= 0.6 is 0 Å². The third-order valence-electron chi connectivity index (χ3n) is 2.24. The largest absolute Gasteiger partial charge is 0.396 e. The lowest BCUT2D eigenvalue weighted by molar-refractivity contribution is 0.288. The van der Waals surface area contributed by atoms with Crippen molar-refractivity contribution in [2.45, 2.75) is 39.2 Å². The summed E-state index contributed by atoms with van der Waals surface area (Å²) in [6, 6.07) is 7.17. The average Bonchev–Trinajstić information content (AvgIpc) is 2.22.